The maximum Gasteiger partial charge on any atom is 0.254 e. The highest BCUT2D eigenvalue weighted by Crippen LogP contribution is 2.27. The van der Waals surface area contributed by atoms with Gasteiger partial charge in [0.15, 0.2) is 17.4 Å². The van der Waals surface area contributed by atoms with Crippen molar-refractivity contribution in [3.05, 3.63) is 66.0 Å². The minimum atomic E-state index is -0.871. The lowest BCUT2D eigenvalue weighted by atomic mass is 9.96. The Bertz CT molecular complexity index is 1570. The Hall–Kier alpha value is -4.52. The van der Waals surface area contributed by atoms with Crippen LogP contribution in [0.25, 0.3) is 11.0 Å². The van der Waals surface area contributed by atoms with Gasteiger partial charge in [0.1, 0.15) is 11.3 Å². The number of halogens is 2. The Morgan fingerprint density at radius 3 is 2.58 bits per heavy atom. The number of hydrogen-bond acceptors (Lipinski definition) is 8. The second kappa shape index (κ2) is 10.6. The van der Waals surface area contributed by atoms with Crippen LogP contribution >= 0.6 is 0 Å². The first-order valence-corrected chi connectivity index (χ1v) is 12.6. The van der Waals surface area contributed by atoms with Crippen LogP contribution in [0.4, 0.5) is 14.6 Å². The van der Waals surface area contributed by atoms with E-state index in [1.165, 1.54) is 12.4 Å². The second-order valence-corrected chi connectivity index (χ2v) is 10.2. The summed E-state index contributed by atoms with van der Waals surface area (Å²) in [6.07, 6.45) is 2.52. The van der Waals surface area contributed by atoms with Crippen LogP contribution in [-0.4, -0.2) is 77.8 Å². The van der Waals surface area contributed by atoms with Crippen LogP contribution in [0.5, 0.6) is 11.6 Å². The number of ether oxygens (including phenoxy) is 1. The fourth-order valence-electron chi connectivity index (χ4n) is 4.72. The first kappa shape index (κ1) is 27.1. The molecule has 0 aliphatic carbocycles. The largest absolute Gasteiger partial charge is 0.434 e. The van der Waals surface area contributed by atoms with E-state index < -0.39 is 23.2 Å². The van der Waals surface area contributed by atoms with E-state index in [1.807, 2.05) is 23.6 Å². The van der Waals surface area contributed by atoms with Gasteiger partial charge in [-0.3, -0.25) is 14.5 Å². The SMILES string of the molecule is C[C@@H](C(=O)Nc1cnc(Oc2ccc(F)cc2F)cn1)N1CCN(C(=O)c2ccc3nnn(C)c3c2)C(C)(C)C1. The van der Waals surface area contributed by atoms with E-state index in [2.05, 4.69) is 25.6 Å². The molecule has 1 aliphatic heterocycles. The normalized spacial score (nSPS) is 16.1. The predicted molar refractivity (Wildman–Crippen MR) is 142 cm³/mol. The van der Waals surface area contributed by atoms with Crippen LogP contribution in [0, 0.1) is 11.6 Å². The van der Waals surface area contributed by atoms with Crippen molar-refractivity contribution in [1.82, 2.24) is 34.8 Å². The quantitative estimate of drug-likeness (QED) is 0.388. The third kappa shape index (κ3) is 5.45. The molecule has 0 unspecified atom stereocenters. The second-order valence-electron chi connectivity index (χ2n) is 10.2. The Labute approximate surface area is 228 Å². The predicted octanol–water partition coefficient (Wildman–Crippen LogP) is 3.39. The summed E-state index contributed by atoms with van der Waals surface area (Å²) >= 11 is 0. The highest BCUT2D eigenvalue weighted by atomic mass is 19.1. The van der Waals surface area contributed by atoms with Crippen LogP contribution in [0.3, 0.4) is 0 Å². The molecule has 2 amide bonds. The summed E-state index contributed by atoms with van der Waals surface area (Å²) < 4.78 is 33.8. The number of aromatic nitrogens is 5. The third-order valence-electron chi connectivity index (χ3n) is 6.95. The average molecular weight is 551 g/mol. The Kier molecular flexibility index (Phi) is 7.15. The van der Waals surface area contributed by atoms with Crippen LogP contribution in [0.1, 0.15) is 31.1 Å². The van der Waals surface area contributed by atoms with Gasteiger partial charge in [0, 0.05) is 38.3 Å². The van der Waals surface area contributed by atoms with Gasteiger partial charge in [-0.1, -0.05) is 5.21 Å². The highest BCUT2D eigenvalue weighted by molar-refractivity contribution is 5.98. The maximum absolute atomic E-state index is 13.8. The molecule has 0 saturated carbocycles. The Balaban J connectivity index is 1.20. The zero-order valence-corrected chi connectivity index (χ0v) is 22.4. The lowest BCUT2D eigenvalue weighted by molar-refractivity contribution is -0.122. The Morgan fingerprint density at radius 2 is 1.88 bits per heavy atom. The van der Waals surface area contributed by atoms with E-state index in [0.717, 1.165) is 23.2 Å². The molecule has 1 fully saturated rings. The molecule has 208 valence electrons. The number of hydrogen-bond donors (Lipinski definition) is 1. The van der Waals surface area contributed by atoms with Crippen molar-refractivity contribution >= 4 is 28.7 Å². The lowest BCUT2D eigenvalue weighted by Gasteiger charge is -2.48. The molecule has 13 heteroatoms. The summed E-state index contributed by atoms with van der Waals surface area (Å²) in [5.41, 5.74) is 1.51. The smallest absolute Gasteiger partial charge is 0.254 e. The number of fused-ring (bicyclic) bond motifs is 1. The van der Waals surface area contributed by atoms with Crippen LogP contribution in [0.2, 0.25) is 0 Å². The van der Waals surface area contributed by atoms with Gasteiger partial charge < -0.3 is 15.0 Å². The molecular weight excluding hydrogens is 522 g/mol. The van der Waals surface area contributed by atoms with E-state index in [9.17, 15) is 18.4 Å². The molecule has 0 spiro atoms. The number of aryl methyl sites for hydroxylation is 1. The van der Waals surface area contributed by atoms with Gasteiger partial charge in [0.25, 0.3) is 5.91 Å². The number of rotatable bonds is 6. The number of nitrogens with one attached hydrogen (secondary N) is 1. The molecule has 1 atom stereocenters. The van der Waals surface area contributed by atoms with E-state index in [4.69, 9.17) is 4.74 Å². The van der Waals surface area contributed by atoms with Crippen molar-refractivity contribution in [3.8, 4) is 11.6 Å². The molecule has 4 aromatic rings. The van der Waals surface area contributed by atoms with E-state index in [1.54, 1.807) is 36.9 Å². The molecule has 40 heavy (non-hydrogen) atoms. The fourth-order valence-corrected chi connectivity index (χ4v) is 4.72. The van der Waals surface area contributed by atoms with Gasteiger partial charge in [-0.25, -0.2) is 23.4 Å². The van der Waals surface area contributed by atoms with Gasteiger partial charge in [-0.15, -0.1) is 5.10 Å². The van der Waals surface area contributed by atoms with Crippen molar-refractivity contribution in [2.75, 3.05) is 25.0 Å². The topological polar surface area (TPSA) is 118 Å². The van der Waals surface area contributed by atoms with Crippen LogP contribution in [-0.2, 0) is 11.8 Å². The number of carbonyl (C=O) groups excluding carboxylic acids is 2. The fraction of sp³-hybridized carbons (Fsp3) is 0.333. The summed E-state index contributed by atoms with van der Waals surface area (Å²) in [7, 11) is 1.78. The summed E-state index contributed by atoms with van der Waals surface area (Å²) in [4.78, 5) is 38.4. The van der Waals surface area contributed by atoms with Gasteiger partial charge in [0.2, 0.25) is 11.8 Å². The molecule has 11 nitrogen and oxygen atoms in total. The molecule has 3 heterocycles. The Morgan fingerprint density at radius 1 is 1.07 bits per heavy atom. The summed E-state index contributed by atoms with van der Waals surface area (Å²) in [5.74, 6) is -2.00. The number of carbonyl (C=O) groups is 2. The molecule has 0 bridgehead atoms. The zero-order chi connectivity index (χ0) is 28.6. The highest BCUT2D eigenvalue weighted by Gasteiger charge is 2.39. The number of nitrogens with zero attached hydrogens (tertiary/aromatic N) is 7. The third-order valence-corrected chi connectivity index (χ3v) is 6.95. The van der Waals surface area contributed by atoms with Crippen molar-refractivity contribution in [1.29, 1.82) is 0 Å². The zero-order valence-electron chi connectivity index (χ0n) is 22.4. The maximum atomic E-state index is 13.8. The first-order chi connectivity index (χ1) is 19.0. The van der Waals surface area contributed by atoms with Crippen LogP contribution in [0.15, 0.2) is 48.8 Å². The van der Waals surface area contributed by atoms with Crippen molar-refractivity contribution in [2.24, 2.45) is 7.05 Å². The number of amides is 2. The molecular formula is C27H28F2N8O3. The molecule has 5 rings (SSSR count). The molecule has 0 radical (unpaired) electrons. The summed E-state index contributed by atoms with van der Waals surface area (Å²) in [6, 6.07) is 7.74. The molecule has 1 aliphatic rings. The van der Waals surface area contributed by atoms with Crippen molar-refractivity contribution < 1.29 is 23.1 Å². The number of benzene rings is 2. The number of piperazine rings is 1. The summed E-state index contributed by atoms with van der Waals surface area (Å²) in [6.45, 7) is 7.15. The molecule has 2 aromatic heterocycles. The van der Waals surface area contributed by atoms with Gasteiger partial charge in [0.05, 0.1) is 29.5 Å². The van der Waals surface area contributed by atoms with E-state index in [0.29, 0.717) is 31.3 Å². The minimum absolute atomic E-state index is 0.0158. The standard InChI is InChI=1S/C27H28F2N8O3/c1-16(25(38)32-23-13-31-24(14-30-23)40-22-8-6-18(28)12-19(22)29)36-9-10-37(27(2,3)15-36)26(39)17-5-7-20-21(11-17)35(4)34-33-20/h5-8,11-14,16H,9-10,15H2,1-4H3,(H,30,32,38)/t16-/m0/s1. The molecule has 1 saturated heterocycles. The van der Waals surface area contributed by atoms with E-state index >= 15 is 0 Å². The summed E-state index contributed by atoms with van der Waals surface area (Å²) in [5, 5.41) is 10.8. The van der Waals surface area contributed by atoms with Crippen LogP contribution < -0.4 is 10.1 Å². The van der Waals surface area contributed by atoms with Gasteiger partial charge in [-0.2, -0.15) is 0 Å². The minimum Gasteiger partial charge on any atom is -0.434 e. The van der Waals surface area contributed by atoms with Gasteiger partial charge in [-0.05, 0) is 51.1 Å². The molecule has 2 aromatic carbocycles. The lowest BCUT2D eigenvalue weighted by Crippen LogP contribution is -2.63. The van der Waals surface area contributed by atoms with E-state index in [-0.39, 0.29) is 29.3 Å². The van der Waals surface area contributed by atoms with Crippen molar-refractivity contribution in [3.63, 3.8) is 0 Å². The average Bonchev–Trinajstić information content (AvgIpc) is 3.29. The molecule has 1 N–H and O–H groups in total. The number of anilines is 1. The monoisotopic (exact) mass is 550 g/mol. The van der Waals surface area contributed by atoms with Gasteiger partial charge >= 0.3 is 0 Å². The van der Waals surface area contributed by atoms with Crippen molar-refractivity contribution in [2.45, 2.75) is 32.4 Å². The first-order valence-electron chi connectivity index (χ1n) is 12.6.